The van der Waals surface area contributed by atoms with Crippen LogP contribution in [0.4, 0.5) is 0 Å². The molecule has 0 atom stereocenters. The van der Waals surface area contributed by atoms with Gasteiger partial charge in [-0.3, -0.25) is 0 Å². The molecule has 0 radical (unpaired) electrons. The van der Waals surface area contributed by atoms with Gasteiger partial charge >= 0.3 is 23.9 Å². The van der Waals surface area contributed by atoms with Crippen molar-refractivity contribution < 1.29 is 65.8 Å². The van der Waals surface area contributed by atoms with Crippen molar-refractivity contribution in [3.8, 4) is 0 Å². The van der Waals surface area contributed by atoms with E-state index in [1.807, 2.05) is 6.92 Å². The first-order chi connectivity index (χ1) is 12.6. The van der Waals surface area contributed by atoms with Gasteiger partial charge in [-0.2, -0.15) is 0 Å². The van der Waals surface area contributed by atoms with Crippen LogP contribution >= 0.6 is 0 Å². The molecule has 0 heterocycles. The summed E-state index contributed by atoms with van der Waals surface area (Å²) < 4.78 is 0. The second-order valence-electron chi connectivity index (χ2n) is 5.50. The predicted molar refractivity (Wildman–Crippen MR) is 94.8 cm³/mol. The molecule has 0 amide bonds. The van der Waals surface area contributed by atoms with E-state index in [0.29, 0.717) is 6.42 Å². The molecular formula is C19H18O8Zr. The maximum atomic E-state index is 10.7. The molecular weight excluding hydrogens is 447 g/mol. The summed E-state index contributed by atoms with van der Waals surface area (Å²) in [6.45, 7) is 3.58. The molecule has 9 heteroatoms. The molecule has 146 valence electrons. The van der Waals surface area contributed by atoms with Crippen molar-refractivity contribution in [2.75, 3.05) is 0 Å². The first-order valence-corrected chi connectivity index (χ1v) is 7.75. The van der Waals surface area contributed by atoms with Crippen LogP contribution in [0.3, 0.4) is 0 Å². The fourth-order valence-corrected chi connectivity index (χ4v) is 2.20. The number of aromatic carboxylic acids is 4. The van der Waals surface area contributed by atoms with E-state index in [0.717, 1.165) is 11.1 Å². The molecule has 0 saturated carbocycles. The van der Waals surface area contributed by atoms with Crippen molar-refractivity contribution in [3.05, 3.63) is 69.8 Å². The number of rotatable bonds is 5. The van der Waals surface area contributed by atoms with Gasteiger partial charge in [0.25, 0.3) is 0 Å². The topological polar surface area (TPSA) is 149 Å². The van der Waals surface area contributed by atoms with Crippen LogP contribution < -0.4 is 0 Å². The minimum atomic E-state index is -1.22. The molecule has 8 nitrogen and oxygen atoms in total. The van der Waals surface area contributed by atoms with E-state index < -0.39 is 23.9 Å². The fourth-order valence-electron chi connectivity index (χ4n) is 2.20. The molecule has 2 aromatic rings. The summed E-state index contributed by atoms with van der Waals surface area (Å²) in [5.74, 6) is -4.87. The minimum absolute atomic E-state index is 0. The Morgan fingerprint density at radius 2 is 1.07 bits per heavy atom. The van der Waals surface area contributed by atoms with Crippen molar-refractivity contribution in [2.45, 2.75) is 20.3 Å². The first-order valence-electron chi connectivity index (χ1n) is 7.75. The van der Waals surface area contributed by atoms with Gasteiger partial charge in [0, 0.05) is 26.2 Å². The summed E-state index contributed by atoms with van der Waals surface area (Å²) in [7, 11) is 0. The average molecular weight is 466 g/mol. The smallest absolute Gasteiger partial charge is 0.336 e. The van der Waals surface area contributed by atoms with Gasteiger partial charge in [-0.15, -0.1) is 0 Å². The van der Waals surface area contributed by atoms with E-state index in [1.165, 1.54) is 24.3 Å². The summed E-state index contributed by atoms with van der Waals surface area (Å²) in [4.78, 5) is 42.6. The van der Waals surface area contributed by atoms with Gasteiger partial charge in [0.05, 0.1) is 22.3 Å². The molecule has 28 heavy (non-hydrogen) atoms. The maximum Gasteiger partial charge on any atom is 0.336 e. The molecule has 0 saturated heterocycles. The van der Waals surface area contributed by atoms with Crippen LogP contribution in [0.2, 0.25) is 0 Å². The van der Waals surface area contributed by atoms with Crippen LogP contribution in [0.5, 0.6) is 0 Å². The Morgan fingerprint density at radius 3 is 1.46 bits per heavy atom. The number of hydrogen-bond acceptors (Lipinski definition) is 4. The molecule has 0 fully saturated rings. The zero-order chi connectivity index (χ0) is 20.7. The summed E-state index contributed by atoms with van der Waals surface area (Å²) >= 11 is 0. The number of carboxylic acid groups (broad SMARTS) is 4. The average Bonchev–Trinajstić information content (AvgIpc) is 2.61. The third-order valence-corrected chi connectivity index (χ3v) is 3.59. The second-order valence-corrected chi connectivity index (χ2v) is 5.50. The predicted octanol–water partition coefficient (Wildman–Crippen LogP) is 3.03. The number of carboxylic acids is 4. The molecule has 4 N–H and O–H groups in total. The summed E-state index contributed by atoms with van der Waals surface area (Å²) in [5, 5.41) is 34.8. The van der Waals surface area contributed by atoms with E-state index >= 15 is 0 Å². The molecule has 0 aromatic heterocycles. The molecule has 0 aliphatic heterocycles. The van der Waals surface area contributed by atoms with Crippen LogP contribution in [0.15, 0.2) is 36.4 Å². The Labute approximate surface area is 179 Å². The normalized spacial score (nSPS) is 9.36. The Kier molecular flexibility index (Phi) is 10.0. The Bertz CT molecular complexity index is 905. The summed E-state index contributed by atoms with van der Waals surface area (Å²) in [6, 6.07) is 8.54. The molecule has 0 aliphatic rings. The number of aryl methyl sites for hydroxylation is 2. The minimum Gasteiger partial charge on any atom is -0.478 e. The number of benzene rings is 2. The van der Waals surface area contributed by atoms with Gasteiger partial charge in [-0.05, 0) is 43.2 Å². The summed E-state index contributed by atoms with van der Waals surface area (Å²) in [5.41, 5.74) is 0.854. The Balaban J connectivity index is 0.000000504. The Morgan fingerprint density at radius 1 is 0.679 bits per heavy atom. The van der Waals surface area contributed by atoms with Gasteiger partial charge in [0.2, 0.25) is 0 Å². The van der Waals surface area contributed by atoms with Crippen LogP contribution in [-0.4, -0.2) is 44.3 Å². The van der Waals surface area contributed by atoms with Gasteiger partial charge in [-0.25, -0.2) is 19.2 Å². The standard InChI is InChI=1S/C10H10O4.C9H8O4.Zr/c1-2-6-3-4-7(9(11)12)8(5-6)10(13)14;1-5-2-3-6(8(10)11)7(4-5)9(12)13;/h3-5H,2H2,1H3,(H,11,12)(H,13,14);2-4H,1H3,(H,10,11)(H,12,13);. The molecule has 0 unspecified atom stereocenters. The fraction of sp³-hybridized carbons (Fsp3) is 0.158. The van der Waals surface area contributed by atoms with Crippen molar-refractivity contribution in [3.63, 3.8) is 0 Å². The van der Waals surface area contributed by atoms with Crippen molar-refractivity contribution in [1.82, 2.24) is 0 Å². The number of hydrogen-bond donors (Lipinski definition) is 4. The quantitative estimate of drug-likeness (QED) is 0.526. The zero-order valence-corrected chi connectivity index (χ0v) is 17.6. The molecule has 0 aliphatic carbocycles. The monoisotopic (exact) mass is 464 g/mol. The largest absolute Gasteiger partial charge is 0.478 e. The third kappa shape index (κ3) is 6.74. The van der Waals surface area contributed by atoms with Crippen molar-refractivity contribution >= 4 is 23.9 Å². The second kappa shape index (κ2) is 11.1. The van der Waals surface area contributed by atoms with Gasteiger partial charge in [0.1, 0.15) is 0 Å². The van der Waals surface area contributed by atoms with Gasteiger partial charge < -0.3 is 20.4 Å². The molecule has 0 spiro atoms. The van der Waals surface area contributed by atoms with E-state index in [2.05, 4.69) is 0 Å². The van der Waals surface area contributed by atoms with Gasteiger partial charge in [0.15, 0.2) is 0 Å². The van der Waals surface area contributed by atoms with Crippen LogP contribution in [-0.2, 0) is 32.6 Å². The van der Waals surface area contributed by atoms with E-state index in [1.54, 1.807) is 19.1 Å². The van der Waals surface area contributed by atoms with Gasteiger partial charge in [-0.1, -0.05) is 24.6 Å². The molecule has 2 rings (SSSR count). The van der Waals surface area contributed by atoms with E-state index in [9.17, 15) is 19.2 Å². The molecule has 2 aromatic carbocycles. The SMILES string of the molecule is CCc1ccc(C(=O)O)c(C(=O)O)c1.Cc1ccc(C(=O)O)c(C(=O)O)c1.[Zr]. The van der Waals surface area contributed by atoms with Crippen LogP contribution in [0.25, 0.3) is 0 Å². The number of carbonyl (C=O) groups is 4. The van der Waals surface area contributed by atoms with Crippen molar-refractivity contribution in [1.29, 1.82) is 0 Å². The first kappa shape index (κ1) is 25.2. The van der Waals surface area contributed by atoms with E-state index in [4.69, 9.17) is 20.4 Å². The van der Waals surface area contributed by atoms with Crippen molar-refractivity contribution in [2.24, 2.45) is 0 Å². The third-order valence-electron chi connectivity index (χ3n) is 3.59. The van der Waals surface area contributed by atoms with E-state index in [-0.39, 0.29) is 48.5 Å². The summed E-state index contributed by atoms with van der Waals surface area (Å²) in [6.07, 6.45) is 0.681. The maximum absolute atomic E-state index is 10.7. The Hall–Kier alpha value is -2.80. The molecule has 0 bridgehead atoms. The van der Waals surface area contributed by atoms with Crippen LogP contribution in [0.1, 0.15) is 59.5 Å². The zero-order valence-electron chi connectivity index (χ0n) is 15.1. The van der Waals surface area contributed by atoms with Crippen LogP contribution in [0, 0.1) is 6.92 Å².